The number of nitrogens with zero attached hydrogens (tertiary/aromatic N) is 5. The number of amides is 1. The van der Waals surface area contributed by atoms with Crippen molar-refractivity contribution < 1.29 is 23.4 Å². The van der Waals surface area contributed by atoms with Crippen molar-refractivity contribution in [2.24, 2.45) is 0 Å². The second kappa shape index (κ2) is 7.52. The number of carbonyl (C=O) groups excluding carboxylic acids is 1. The monoisotopic (exact) mass is 443 g/mol. The lowest BCUT2D eigenvalue weighted by molar-refractivity contribution is 0.0571. The topological polar surface area (TPSA) is 102 Å². The highest BCUT2D eigenvalue weighted by Crippen LogP contribution is 2.35. The Balaban J connectivity index is 1.55. The van der Waals surface area contributed by atoms with Crippen molar-refractivity contribution in [2.45, 2.75) is 25.6 Å². The molecule has 0 unspecified atom stereocenters. The standard InChI is InChI=1S/C21H19F2N5O4/c1-2-27-16-9-32-10-17(16)28-7-13(19(29)20(30)18(28)21(27)31)15-8-26(25-24-15)6-11-3-4-12(22)5-14(11)23/h3-5,7-8,16-17,30H,2,6,9-10H2,1H3/t16-,17+/m0/s1. The van der Waals surface area contributed by atoms with Gasteiger partial charge in [0.2, 0.25) is 5.43 Å². The summed E-state index contributed by atoms with van der Waals surface area (Å²) in [6.45, 7) is 2.92. The average Bonchev–Trinajstić information content (AvgIpc) is 3.42. The van der Waals surface area contributed by atoms with Crippen molar-refractivity contribution in [3.05, 3.63) is 63.7 Å². The minimum Gasteiger partial charge on any atom is -0.503 e. The molecule has 2 aliphatic rings. The molecule has 0 bridgehead atoms. The number of aromatic nitrogens is 4. The Morgan fingerprint density at radius 2 is 1.97 bits per heavy atom. The number of benzene rings is 1. The summed E-state index contributed by atoms with van der Waals surface area (Å²) in [5.41, 5.74) is -0.417. The first-order valence-corrected chi connectivity index (χ1v) is 10.1. The predicted molar refractivity (Wildman–Crippen MR) is 107 cm³/mol. The lowest BCUT2D eigenvalue weighted by Crippen LogP contribution is -2.51. The van der Waals surface area contributed by atoms with Crippen LogP contribution in [0.3, 0.4) is 0 Å². The Morgan fingerprint density at radius 1 is 1.19 bits per heavy atom. The van der Waals surface area contributed by atoms with Crippen molar-refractivity contribution in [3.63, 3.8) is 0 Å². The van der Waals surface area contributed by atoms with Crippen molar-refractivity contribution in [2.75, 3.05) is 19.8 Å². The molecule has 1 amide bonds. The number of rotatable bonds is 4. The van der Waals surface area contributed by atoms with Gasteiger partial charge in [-0.1, -0.05) is 11.3 Å². The van der Waals surface area contributed by atoms with E-state index in [-0.39, 0.29) is 41.1 Å². The molecular weight excluding hydrogens is 424 g/mol. The predicted octanol–water partition coefficient (Wildman–Crippen LogP) is 1.55. The van der Waals surface area contributed by atoms with E-state index in [1.54, 1.807) is 9.47 Å². The highest BCUT2D eigenvalue weighted by atomic mass is 19.1. The molecule has 1 aromatic carbocycles. The molecule has 11 heteroatoms. The molecule has 9 nitrogen and oxygen atoms in total. The van der Waals surface area contributed by atoms with Crippen LogP contribution in [0.5, 0.6) is 5.75 Å². The van der Waals surface area contributed by atoms with Gasteiger partial charge in [-0.2, -0.15) is 0 Å². The molecule has 0 saturated carbocycles. The third-order valence-electron chi connectivity index (χ3n) is 5.96. The first kappa shape index (κ1) is 20.3. The summed E-state index contributed by atoms with van der Waals surface area (Å²) in [7, 11) is 0. The fraction of sp³-hybridized carbons (Fsp3) is 0.333. The summed E-state index contributed by atoms with van der Waals surface area (Å²) in [5, 5.41) is 18.5. The molecule has 5 rings (SSSR count). The average molecular weight is 443 g/mol. The molecule has 32 heavy (non-hydrogen) atoms. The Labute approximate surface area is 180 Å². The number of likely N-dealkylation sites (N-methyl/N-ethyl adjacent to an activating group) is 1. The Bertz CT molecular complexity index is 1290. The fourth-order valence-electron chi connectivity index (χ4n) is 4.36. The Kier molecular flexibility index (Phi) is 4.77. The van der Waals surface area contributed by atoms with Crippen LogP contribution in [-0.2, 0) is 11.3 Å². The highest BCUT2D eigenvalue weighted by Gasteiger charge is 2.44. The maximum Gasteiger partial charge on any atom is 0.274 e. The fourth-order valence-corrected chi connectivity index (χ4v) is 4.36. The van der Waals surface area contributed by atoms with E-state index in [4.69, 9.17) is 4.74 Å². The Hall–Kier alpha value is -3.60. The first-order chi connectivity index (χ1) is 15.4. The summed E-state index contributed by atoms with van der Waals surface area (Å²) < 4.78 is 35.5. The number of fused-ring (bicyclic) bond motifs is 3. The molecule has 2 atom stereocenters. The molecule has 1 N–H and O–H groups in total. The minimum atomic E-state index is -0.752. The third kappa shape index (κ3) is 3.08. The van der Waals surface area contributed by atoms with E-state index in [0.29, 0.717) is 19.8 Å². The number of hydrogen-bond acceptors (Lipinski definition) is 6. The van der Waals surface area contributed by atoms with Crippen LogP contribution in [0.25, 0.3) is 11.3 Å². The van der Waals surface area contributed by atoms with Gasteiger partial charge < -0.3 is 19.3 Å². The number of aromatic hydroxyl groups is 1. The zero-order valence-electron chi connectivity index (χ0n) is 17.0. The number of halogens is 2. The summed E-state index contributed by atoms with van der Waals surface area (Å²) in [6.07, 6.45) is 2.92. The van der Waals surface area contributed by atoms with Crippen LogP contribution in [0.4, 0.5) is 8.78 Å². The second-order valence-corrected chi connectivity index (χ2v) is 7.78. The van der Waals surface area contributed by atoms with E-state index in [9.17, 15) is 23.5 Å². The zero-order chi connectivity index (χ0) is 22.6. The van der Waals surface area contributed by atoms with E-state index in [0.717, 1.165) is 12.1 Å². The van der Waals surface area contributed by atoms with Crippen LogP contribution in [0.15, 0.2) is 35.4 Å². The number of pyridine rings is 1. The van der Waals surface area contributed by atoms with Crippen LogP contribution in [0.2, 0.25) is 0 Å². The zero-order valence-corrected chi connectivity index (χ0v) is 17.0. The van der Waals surface area contributed by atoms with Crippen molar-refractivity contribution in [3.8, 4) is 17.0 Å². The maximum absolute atomic E-state index is 14.0. The van der Waals surface area contributed by atoms with E-state index in [1.807, 2.05) is 6.92 Å². The van der Waals surface area contributed by atoms with Crippen LogP contribution in [-0.4, -0.2) is 61.3 Å². The van der Waals surface area contributed by atoms with Gasteiger partial charge >= 0.3 is 0 Å². The van der Waals surface area contributed by atoms with Crippen LogP contribution in [0.1, 0.15) is 29.0 Å². The molecule has 0 radical (unpaired) electrons. The summed E-state index contributed by atoms with van der Waals surface area (Å²) in [6, 6.07) is 2.76. The quantitative estimate of drug-likeness (QED) is 0.657. The van der Waals surface area contributed by atoms with Crippen LogP contribution < -0.4 is 5.43 Å². The van der Waals surface area contributed by atoms with Gasteiger partial charge in [0.25, 0.3) is 5.91 Å². The second-order valence-electron chi connectivity index (χ2n) is 7.78. The molecule has 0 aliphatic carbocycles. The van der Waals surface area contributed by atoms with Gasteiger partial charge in [-0.15, -0.1) is 5.10 Å². The molecule has 1 fully saturated rings. The van der Waals surface area contributed by atoms with Gasteiger partial charge in [-0.3, -0.25) is 9.59 Å². The number of carbonyl (C=O) groups is 1. The van der Waals surface area contributed by atoms with E-state index >= 15 is 0 Å². The van der Waals surface area contributed by atoms with E-state index in [1.165, 1.54) is 23.1 Å². The SMILES string of the molecule is CCN1C(=O)c2c(O)c(=O)c(-c3cn(Cc4ccc(F)cc4F)nn3)cn2[C@@H]2COC[C@@H]21. The minimum absolute atomic E-state index is 0.0279. The first-order valence-electron chi connectivity index (χ1n) is 10.1. The molecule has 2 aliphatic heterocycles. The largest absolute Gasteiger partial charge is 0.503 e. The smallest absolute Gasteiger partial charge is 0.274 e. The van der Waals surface area contributed by atoms with Gasteiger partial charge in [-0.05, 0) is 13.0 Å². The molecular formula is C21H19F2N5O4. The maximum atomic E-state index is 14.0. The molecule has 3 aromatic rings. The van der Waals surface area contributed by atoms with Gasteiger partial charge in [0.05, 0.1) is 43.6 Å². The van der Waals surface area contributed by atoms with Gasteiger partial charge in [-0.25, -0.2) is 13.5 Å². The van der Waals surface area contributed by atoms with Gasteiger partial charge in [0, 0.05) is 24.4 Å². The molecule has 0 spiro atoms. The molecule has 2 aromatic heterocycles. The number of ether oxygens (including phenoxy) is 1. The summed E-state index contributed by atoms with van der Waals surface area (Å²) in [4.78, 5) is 27.4. The Morgan fingerprint density at radius 3 is 2.72 bits per heavy atom. The van der Waals surface area contributed by atoms with Crippen molar-refractivity contribution >= 4 is 5.91 Å². The van der Waals surface area contributed by atoms with Crippen LogP contribution >= 0.6 is 0 Å². The van der Waals surface area contributed by atoms with Gasteiger partial charge in [0.1, 0.15) is 17.3 Å². The van der Waals surface area contributed by atoms with Crippen LogP contribution in [0, 0.1) is 11.6 Å². The number of hydrogen-bond donors (Lipinski definition) is 1. The molecule has 4 heterocycles. The van der Waals surface area contributed by atoms with E-state index < -0.39 is 28.7 Å². The third-order valence-corrected chi connectivity index (χ3v) is 5.96. The van der Waals surface area contributed by atoms with Crippen molar-refractivity contribution in [1.29, 1.82) is 0 Å². The van der Waals surface area contributed by atoms with Gasteiger partial charge in [0.15, 0.2) is 11.4 Å². The lowest BCUT2D eigenvalue weighted by atomic mass is 10.0. The summed E-state index contributed by atoms with van der Waals surface area (Å²) >= 11 is 0. The van der Waals surface area contributed by atoms with Crippen molar-refractivity contribution in [1.82, 2.24) is 24.5 Å². The van der Waals surface area contributed by atoms with E-state index in [2.05, 4.69) is 10.3 Å². The normalized spacial score (nSPS) is 19.8. The lowest BCUT2D eigenvalue weighted by Gasteiger charge is -2.38. The summed E-state index contributed by atoms with van der Waals surface area (Å²) in [5.74, 6) is -2.50. The molecule has 1 saturated heterocycles. The highest BCUT2D eigenvalue weighted by molar-refractivity contribution is 5.96. The molecule has 166 valence electrons.